The van der Waals surface area contributed by atoms with Crippen LogP contribution in [-0.4, -0.2) is 65.7 Å². The van der Waals surface area contributed by atoms with Gasteiger partial charge in [-0.15, -0.1) is 0 Å². The maximum absolute atomic E-state index is 12.6. The highest BCUT2D eigenvalue weighted by atomic mass is 16.6. The molecule has 0 saturated carbocycles. The molecule has 0 atom stereocenters. The van der Waals surface area contributed by atoms with Crippen LogP contribution < -0.4 is 0 Å². The third-order valence-corrected chi connectivity index (χ3v) is 5.78. The first kappa shape index (κ1) is 19.9. The molecule has 2 amide bonds. The van der Waals surface area contributed by atoms with Crippen molar-refractivity contribution in [3.63, 3.8) is 0 Å². The molecule has 1 aliphatic carbocycles. The Kier molecular flexibility index (Phi) is 5.70. The Morgan fingerprint density at radius 3 is 1.93 bits per heavy atom. The van der Waals surface area contributed by atoms with E-state index in [4.69, 9.17) is 9.84 Å². The van der Waals surface area contributed by atoms with Crippen molar-refractivity contribution < 1.29 is 24.2 Å². The molecule has 7 heteroatoms. The van der Waals surface area contributed by atoms with Crippen molar-refractivity contribution >= 4 is 18.0 Å². The summed E-state index contributed by atoms with van der Waals surface area (Å²) in [5.41, 5.74) is 4.70. The first-order valence-corrected chi connectivity index (χ1v) is 10.1. The van der Waals surface area contributed by atoms with Crippen LogP contribution >= 0.6 is 0 Å². The van der Waals surface area contributed by atoms with Gasteiger partial charge < -0.3 is 19.6 Å². The Balaban J connectivity index is 1.33. The number of ether oxygens (including phenoxy) is 1. The van der Waals surface area contributed by atoms with E-state index >= 15 is 0 Å². The predicted octanol–water partition coefficient (Wildman–Crippen LogP) is 2.94. The molecular formula is C23H24N2O5. The molecule has 2 aromatic carbocycles. The molecule has 2 aromatic rings. The highest BCUT2D eigenvalue weighted by Gasteiger charge is 2.30. The largest absolute Gasteiger partial charge is 0.481 e. The lowest BCUT2D eigenvalue weighted by Crippen LogP contribution is -2.50. The molecule has 2 aliphatic rings. The van der Waals surface area contributed by atoms with Crippen LogP contribution in [0, 0.1) is 0 Å². The molecule has 0 bridgehead atoms. The molecular weight excluding hydrogens is 384 g/mol. The minimum atomic E-state index is -0.986. The number of carbonyl (C=O) groups is 3. The molecule has 0 spiro atoms. The number of hydrogen-bond donors (Lipinski definition) is 1. The van der Waals surface area contributed by atoms with E-state index in [1.807, 2.05) is 24.3 Å². The van der Waals surface area contributed by atoms with Gasteiger partial charge in [-0.05, 0) is 22.3 Å². The molecule has 0 unspecified atom stereocenters. The van der Waals surface area contributed by atoms with Crippen molar-refractivity contribution in [1.29, 1.82) is 0 Å². The first-order valence-electron chi connectivity index (χ1n) is 10.1. The number of piperazine rings is 1. The highest BCUT2D eigenvalue weighted by molar-refractivity contribution is 5.81. The van der Waals surface area contributed by atoms with Gasteiger partial charge in [-0.2, -0.15) is 0 Å². The van der Waals surface area contributed by atoms with Gasteiger partial charge in [-0.25, -0.2) is 4.79 Å². The Morgan fingerprint density at radius 1 is 0.833 bits per heavy atom. The third kappa shape index (κ3) is 4.01. The predicted molar refractivity (Wildman–Crippen MR) is 110 cm³/mol. The molecule has 1 N–H and O–H groups in total. The monoisotopic (exact) mass is 408 g/mol. The molecule has 0 aromatic heterocycles. The zero-order valence-corrected chi connectivity index (χ0v) is 16.6. The molecule has 7 nitrogen and oxygen atoms in total. The van der Waals surface area contributed by atoms with Crippen LogP contribution in [0.15, 0.2) is 48.5 Å². The second-order valence-corrected chi connectivity index (χ2v) is 7.57. The number of carboxylic acid groups (broad SMARTS) is 1. The molecule has 1 fully saturated rings. The summed E-state index contributed by atoms with van der Waals surface area (Å²) in [6, 6.07) is 16.4. The van der Waals surface area contributed by atoms with Crippen molar-refractivity contribution in [2.24, 2.45) is 0 Å². The molecule has 1 aliphatic heterocycles. The number of carbonyl (C=O) groups excluding carboxylic acids is 2. The van der Waals surface area contributed by atoms with E-state index in [2.05, 4.69) is 24.3 Å². The number of benzene rings is 2. The summed E-state index contributed by atoms with van der Waals surface area (Å²) in [4.78, 5) is 38.5. The van der Waals surface area contributed by atoms with Gasteiger partial charge in [0, 0.05) is 38.5 Å². The summed E-state index contributed by atoms with van der Waals surface area (Å²) in [5.74, 6) is -1.16. The maximum atomic E-state index is 12.6. The molecule has 156 valence electrons. The fourth-order valence-corrected chi connectivity index (χ4v) is 4.20. The second-order valence-electron chi connectivity index (χ2n) is 7.57. The van der Waals surface area contributed by atoms with Crippen LogP contribution in [0.2, 0.25) is 0 Å². The van der Waals surface area contributed by atoms with Crippen LogP contribution in [0.4, 0.5) is 4.79 Å². The zero-order chi connectivity index (χ0) is 21.1. The van der Waals surface area contributed by atoms with Crippen molar-refractivity contribution in [3.8, 4) is 11.1 Å². The normalized spacial score (nSPS) is 15.5. The van der Waals surface area contributed by atoms with Crippen LogP contribution in [0.5, 0.6) is 0 Å². The Morgan fingerprint density at radius 2 is 1.37 bits per heavy atom. The van der Waals surface area contributed by atoms with Crippen molar-refractivity contribution in [1.82, 2.24) is 9.80 Å². The quantitative estimate of drug-likeness (QED) is 0.822. The Hall–Kier alpha value is -3.35. The lowest BCUT2D eigenvalue weighted by Gasteiger charge is -2.34. The Bertz CT molecular complexity index is 920. The van der Waals surface area contributed by atoms with E-state index in [0.717, 1.165) is 0 Å². The lowest BCUT2D eigenvalue weighted by molar-refractivity contribution is -0.141. The van der Waals surface area contributed by atoms with Crippen molar-refractivity contribution in [2.75, 3.05) is 32.8 Å². The second kappa shape index (κ2) is 8.57. The summed E-state index contributed by atoms with van der Waals surface area (Å²) in [6.07, 6.45) is -0.569. The standard InChI is InChI=1S/C23H24N2O5/c26-21(9-10-22(27)28)24-11-13-25(14-12-24)23(29)30-15-20-18-7-3-1-5-16(18)17-6-2-4-8-19(17)20/h1-8,20H,9-15H2,(H,27,28). The first-order chi connectivity index (χ1) is 14.5. The molecule has 30 heavy (non-hydrogen) atoms. The number of fused-ring (bicyclic) bond motifs is 3. The fraction of sp³-hybridized carbons (Fsp3) is 0.348. The molecule has 1 heterocycles. The third-order valence-electron chi connectivity index (χ3n) is 5.78. The molecule has 0 radical (unpaired) electrons. The summed E-state index contributed by atoms with van der Waals surface area (Å²) in [5, 5.41) is 8.71. The lowest BCUT2D eigenvalue weighted by atomic mass is 9.98. The van der Waals surface area contributed by atoms with Crippen LogP contribution in [-0.2, 0) is 14.3 Å². The van der Waals surface area contributed by atoms with Crippen LogP contribution in [0.3, 0.4) is 0 Å². The van der Waals surface area contributed by atoms with Gasteiger partial charge in [0.05, 0.1) is 6.42 Å². The molecule has 4 rings (SSSR count). The van der Waals surface area contributed by atoms with E-state index in [1.54, 1.807) is 9.80 Å². The van der Waals surface area contributed by atoms with Gasteiger partial charge in [0.2, 0.25) is 5.91 Å². The summed E-state index contributed by atoms with van der Waals surface area (Å²) in [7, 11) is 0. The van der Waals surface area contributed by atoms with Crippen LogP contribution in [0.1, 0.15) is 29.9 Å². The highest BCUT2D eigenvalue weighted by Crippen LogP contribution is 2.44. The average molecular weight is 408 g/mol. The summed E-state index contributed by atoms with van der Waals surface area (Å²) in [6.45, 7) is 1.82. The van der Waals surface area contributed by atoms with Gasteiger partial charge in [-0.3, -0.25) is 9.59 Å². The van der Waals surface area contributed by atoms with Gasteiger partial charge in [0.15, 0.2) is 0 Å². The topological polar surface area (TPSA) is 87.2 Å². The van der Waals surface area contributed by atoms with Crippen LogP contribution in [0.25, 0.3) is 11.1 Å². The van der Waals surface area contributed by atoms with E-state index in [1.165, 1.54) is 22.3 Å². The number of amides is 2. The fourth-order valence-electron chi connectivity index (χ4n) is 4.20. The minimum absolute atomic E-state index is 0.0136. The van der Waals surface area contributed by atoms with E-state index in [0.29, 0.717) is 26.2 Å². The zero-order valence-electron chi connectivity index (χ0n) is 16.6. The maximum Gasteiger partial charge on any atom is 0.409 e. The van der Waals surface area contributed by atoms with Crippen molar-refractivity contribution in [2.45, 2.75) is 18.8 Å². The smallest absolute Gasteiger partial charge is 0.409 e. The number of hydrogen-bond acceptors (Lipinski definition) is 4. The molecule has 1 saturated heterocycles. The number of carboxylic acids is 1. The average Bonchev–Trinajstić information content (AvgIpc) is 3.09. The van der Waals surface area contributed by atoms with Gasteiger partial charge in [0.1, 0.15) is 6.61 Å². The number of rotatable bonds is 5. The van der Waals surface area contributed by atoms with Gasteiger partial charge in [0.25, 0.3) is 0 Å². The summed E-state index contributed by atoms with van der Waals surface area (Å²) >= 11 is 0. The SMILES string of the molecule is O=C(O)CCC(=O)N1CCN(C(=O)OCC2c3ccccc3-c3ccccc32)CC1. The van der Waals surface area contributed by atoms with E-state index in [9.17, 15) is 14.4 Å². The van der Waals surface area contributed by atoms with Gasteiger partial charge in [-0.1, -0.05) is 48.5 Å². The number of nitrogens with zero attached hydrogens (tertiary/aromatic N) is 2. The number of aliphatic carboxylic acids is 1. The van der Waals surface area contributed by atoms with E-state index in [-0.39, 0.29) is 37.4 Å². The van der Waals surface area contributed by atoms with Crippen molar-refractivity contribution in [3.05, 3.63) is 59.7 Å². The minimum Gasteiger partial charge on any atom is -0.481 e. The Labute approximate surface area is 174 Å². The van der Waals surface area contributed by atoms with E-state index < -0.39 is 5.97 Å². The summed E-state index contributed by atoms with van der Waals surface area (Å²) < 4.78 is 5.66. The van der Waals surface area contributed by atoms with Gasteiger partial charge >= 0.3 is 12.1 Å².